The Balaban J connectivity index is 2.39. The largest absolute Gasteiger partial charge is 0.338 e. The Hall–Kier alpha value is -2.43. The van der Waals surface area contributed by atoms with Gasteiger partial charge in [-0.1, -0.05) is 30.4 Å². The summed E-state index contributed by atoms with van der Waals surface area (Å²) in [5.74, 6) is -1.07. The first-order chi connectivity index (χ1) is 11.5. The van der Waals surface area contributed by atoms with E-state index in [0.29, 0.717) is 25.1 Å². The second kappa shape index (κ2) is 7.90. The summed E-state index contributed by atoms with van der Waals surface area (Å²) in [5.41, 5.74) is 0.378. The molecule has 0 aromatic heterocycles. The second-order valence-corrected chi connectivity index (χ2v) is 5.94. The maximum Gasteiger partial charge on any atom is 0.228 e. The molecule has 0 unspecified atom stereocenters. The van der Waals surface area contributed by atoms with Crippen molar-refractivity contribution < 1.29 is 14.0 Å². The molecule has 1 saturated heterocycles. The van der Waals surface area contributed by atoms with Crippen LogP contribution in [0.4, 0.5) is 4.39 Å². The molecule has 1 fully saturated rings. The number of hydrogen-bond acceptors (Lipinski definition) is 2. The molecule has 0 saturated carbocycles. The van der Waals surface area contributed by atoms with Gasteiger partial charge in [-0.3, -0.25) is 9.59 Å². The van der Waals surface area contributed by atoms with Gasteiger partial charge in [-0.05, 0) is 12.5 Å². The highest BCUT2D eigenvalue weighted by Crippen LogP contribution is 2.37. The molecule has 2 rings (SSSR count). The summed E-state index contributed by atoms with van der Waals surface area (Å²) in [6, 6.07) is 5.72. The lowest BCUT2D eigenvalue weighted by molar-refractivity contribution is -0.146. The van der Waals surface area contributed by atoms with Crippen LogP contribution >= 0.6 is 0 Å². The van der Waals surface area contributed by atoms with Crippen molar-refractivity contribution in [1.29, 1.82) is 0 Å². The van der Waals surface area contributed by atoms with E-state index in [2.05, 4.69) is 13.2 Å². The summed E-state index contributed by atoms with van der Waals surface area (Å²) >= 11 is 0. The Kier molecular flexibility index (Phi) is 5.90. The summed E-state index contributed by atoms with van der Waals surface area (Å²) < 4.78 is 14.3. The molecule has 2 atom stereocenters. The van der Waals surface area contributed by atoms with E-state index in [-0.39, 0.29) is 18.2 Å². The molecule has 0 aliphatic carbocycles. The average molecular weight is 330 g/mol. The molecule has 2 amide bonds. The molecule has 1 heterocycles. The van der Waals surface area contributed by atoms with Gasteiger partial charge in [-0.25, -0.2) is 4.39 Å². The molecule has 0 N–H and O–H groups in total. The fourth-order valence-corrected chi connectivity index (χ4v) is 3.24. The molecule has 1 aromatic rings. The van der Waals surface area contributed by atoms with Crippen LogP contribution in [0.5, 0.6) is 0 Å². The topological polar surface area (TPSA) is 40.6 Å². The van der Waals surface area contributed by atoms with Crippen LogP contribution in [-0.2, 0) is 9.59 Å². The lowest BCUT2D eigenvalue weighted by Crippen LogP contribution is -2.48. The summed E-state index contributed by atoms with van der Waals surface area (Å²) in [4.78, 5) is 28.2. The summed E-state index contributed by atoms with van der Waals surface area (Å²) in [5, 5.41) is 0. The third kappa shape index (κ3) is 3.55. The Labute approximate surface area is 142 Å². The van der Waals surface area contributed by atoms with Crippen molar-refractivity contribution in [1.82, 2.24) is 9.80 Å². The smallest absolute Gasteiger partial charge is 0.228 e. The highest BCUT2D eigenvalue weighted by Gasteiger charge is 2.41. The molecule has 5 heteroatoms. The third-order valence-corrected chi connectivity index (χ3v) is 4.41. The van der Waals surface area contributed by atoms with Crippen LogP contribution in [0.3, 0.4) is 0 Å². The van der Waals surface area contributed by atoms with Gasteiger partial charge < -0.3 is 9.80 Å². The van der Waals surface area contributed by atoms with E-state index >= 15 is 0 Å². The summed E-state index contributed by atoms with van der Waals surface area (Å²) in [7, 11) is 1.63. The van der Waals surface area contributed by atoms with Gasteiger partial charge in [0.1, 0.15) is 5.82 Å². The Morgan fingerprint density at radius 2 is 1.96 bits per heavy atom. The van der Waals surface area contributed by atoms with Crippen LogP contribution in [0.25, 0.3) is 0 Å². The SMILES string of the molecule is C=CCN(CC=C)C(=O)[C@H]1CCC(=O)N(C)[C@@H]1c1ccccc1F. The number of piperidine rings is 1. The molecule has 0 radical (unpaired) electrons. The fourth-order valence-electron chi connectivity index (χ4n) is 3.24. The molecular weight excluding hydrogens is 307 g/mol. The number of likely N-dealkylation sites (tertiary alicyclic amines) is 1. The minimum Gasteiger partial charge on any atom is -0.338 e. The van der Waals surface area contributed by atoms with Crippen LogP contribution in [0.2, 0.25) is 0 Å². The molecule has 4 nitrogen and oxygen atoms in total. The Bertz CT molecular complexity index is 634. The number of amides is 2. The maximum absolute atomic E-state index is 14.3. The van der Waals surface area contributed by atoms with Crippen molar-refractivity contribution >= 4 is 11.8 Å². The van der Waals surface area contributed by atoms with E-state index in [0.717, 1.165) is 0 Å². The molecule has 1 aliphatic heterocycles. The molecule has 128 valence electrons. The van der Waals surface area contributed by atoms with Gasteiger partial charge in [0.05, 0.1) is 12.0 Å². The highest BCUT2D eigenvalue weighted by molar-refractivity contribution is 5.85. The monoisotopic (exact) mass is 330 g/mol. The number of carbonyl (C=O) groups excluding carboxylic acids is 2. The fraction of sp³-hybridized carbons (Fsp3) is 0.368. The van der Waals surface area contributed by atoms with Crippen LogP contribution in [-0.4, -0.2) is 41.8 Å². The van der Waals surface area contributed by atoms with Crippen molar-refractivity contribution in [3.8, 4) is 0 Å². The van der Waals surface area contributed by atoms with E-state index in [1.165, 1.54) is 11.0 Å². The Morgan fingerprint density at radius 3 is 2.54 bits per heavy atom. The normalized spacial score (nSPS) is 20.6. The minimum atomic E-state index is -0.600. The second-order valence-electron chi connectivity index (χ2n) is 5.94. The number of carbonyl (C=O) groups is 2. The lowest BCUT2D eigenvalue weighted by Gasteiger charge is -2.40. The molecule has 1 aromatic carbocycles. The highest BCUT2D eigenvalue weighted by atomic mass is 19.1. The molecule has 0 spiro atoms. The number of benzene rings is 1. The van der Waals surface area contributed by atoms with Gasteiger partial charge >= 0.3 is 0 Å². The zero-order chi connectivity index (χ0) is 17.7. The van der Waals surface area contributed by atoms with E-state index in [1.807, 2.05) is 0 Å². The van der Waals surface area contributed by atoms with Gasteiger partial charge in [-0.2, -0.15) is 0 Å². The summed E-state index contributed by atoms with van der Waals surface area (Å²) in [6.45, 7) is 8.14. The predicted molar refractivity (Wildman–Crippen MR) is 91.6 cm³/mol. The molecule has 0 bridgehead atoms. The zero-order valence-electron chi connectivity index (χ0n) is 14.0. The van der Waals surface area contributed by atoms with Gasteiger partial charge in [0.25, 0.3) is 0 Å². The first-order valence-electron chi connectivity index (χ1n) is 8.02. The van der Waals surface area contributed by atoms with Crippen LogP contribution in [0.15, 0.2) is 49.6 Å². The standard InChI is InChI=1S/C19H23FN2O2/c1-4-12-22(13-5-2)19(24)15-10-11-17(23)21(3)18(15)14-8-6-7-9-16(14)20/h4-9,15,18H,1-2,10-13H2,3H3/t15-,18+/m0/s1. The van der Waals surface area contributed by atoms with Crippen molar-refractivity contribution in [2.75, 3.05) is 20.1 Å². The van der Waals surface area contributed by atoms with E-state index in [4.69, 9.17) is 0 Å². The summed E-state index contributed by atoms with van der Waals surface area (Å²) in [6.07, 6.45) is 3.99. The van der Waals surface area contributed by atoms with Crippen molar-refractivity contribution in [3.63, 3.8) is 0 Å². The quantitative estimate of drug-likeness (QED) is 0.753. The minimum absolute atomic E-state index is 0.0775. The van der Waals surface area contributed by atoms with Crippen molar-refractivity contribution in [2.45, 2.75) is 18.9 Å². The number of nitrogens with zero attached hydrogens (tertiary/aromatic N) is 2. The van der Waals surface area contributed by atoms with Crippen LogP contribution in [0.1, 0.15) is 24.4 Å². The van der Waals surface area contributed by atoms with E-state index in [1.54, 1.807) is 42.3 Å². The molecular formula is C19H23FN2O2. The molecule has 1 aliphatic rings. The van der Waals surface area contributed by atoms with Crippen molar-refractivity contribution in [3.05, 3.63) is 61.0 Å². The zero-order valence-corrected chi connectivity index (χ0v) is 14.0. The lowest BCUT2D eigenvalue weighted by atomic mass is 9.83. The van der Waals surface area contributed by atoms with Crippen molar-refractivity contribution in [2.24, 2.45) is 5.92 Å². The number of rotatable bonds is 6. The number of halogens is 1. The average Bonchev–Trinajstić information content (AvgIpc) is 2.57. The van der Waals surface area contributed by atoms with Crippen LogP contribution in [0, 0.1) is 11.7 Å². The van der Waals surface area contributed by atoms with Gasteiger partial charge in [0.15, 0.2) is 0 Å². The third-order valence-electron chi connectivity index (χ3n) is 4.41. The predicted octanol–water partition coefficient (Wildman–Crippen LogP) is 2.94. The van der Waals surface area contributed by atoms with Gasteiger partial charge in [0, 0.05) is 32.1 Å². The maximum atomic E-state index is 14.3. The first kappa shape index (κ1) is 17.9. The van der Waals surface area contributed by atoms with E-state index in [9.17, 15) is 14.0 Å². The molecule has 24 heavy (non-hydrogen) atoms. The van der Waals surface area contributed by atoms with Crippen LogP contribution < -0.4 is 0 Å². The number of hydrogen-bond donors (Lipinski definition) is 0. The Morgan fingerprint density at radius 1 is 1.33 bits per heavy atom. The first-order valence-corrected chi connectivity index (χ1v) is 8.02. The van der Waals surface area contributed by atoms with Gasteiger partial charge in [-0.15, -0.1) is 13.2 Å². The van der Waals surface area contributed by atoms with Gasteiger partial charge in [0.2, 0.25) is 11.8 Å². The van der Waals surface area contributed by atoms with E-state index < -0.39 is 17.8 Å².